The zero-order valence-corrected chi connectivity index (χ0v) is 18.9. The highest BCUT2D eigenvalue weighted by molar-refractivity contribution is 6.32. The number of aryl methyl sites for hydroxylation is 1. The molecular formula is C23H26ClN7O. The number of benzene rings is 1. The quantitative estimate of drug-likeness (QED) is 0.599. The average Bonchev–Trinajstić information content (AvgIpc) is 2.85. The summed E-state index contributed by atoms with van der Waals surface area (Å²) in [7, 11) is 0. The molecule has 5 rings (SSSR count). The van der Waals surface area contributed by atoms with Crippen LogP contribution >= 0.6 is 11.6 Å². The van der Waals surface area contributed by atoms with Crippen LogP contribution in [0.1, 0.15) is 5.56 Å². The largest absolute Gasteiger partial charge is 0.378 e. The van der Waals surface area contributed by atoms with Crippen molar-refractivity contribution in [2.45, 2.75) is 6.92 Å². The molecule has 1 aromatic carbocycles. The summed E-state index contributed by atoms with van der Waals surface area (Å²) in [6.45, 7) is 8.18. The van der Waals surface area contributed by atoms with Crippen molar-refractivity contribution >= 4 is 29.3 Å². The van der Waals surface area contributed by atoms with Crippen molar-refractivity contribution in [3.8, 4) is 11.4 Å². The van der Waals surface area contributed by atoms with Gasteiger partial charge in [0.05, 0.1) is 18.2 Å². The standard InChI is InChI=1S/C23H26ClN7O/c1-17-4-2-5-18(16-17)20-26-22(28-23(27-20)31-12-14-32-15-13-31)30-10-8-29(9-11-30)21-19(24)6-3-7-25-21/h2-7,16H,8-15H2,1H3. The molecule has 2 aliphatic rings. The van der Waals surface area contributed by atoms with Gasteiger partial charge < -0.3 is 19.4 Å². The smallest absolute Gasteiger partial charge is 0.230 e. The van der Waals surface area contributed by atoms with Gasteiger partial charge in [-0.1, -0.05) is 35.4 Å². The van der Waals surface area contributed by atoms with Gasteiger partial charge in [0.1, 0.15) is 5.82 Å². The molecule has 32 heavy (non-hydrogen) atoms. The number of rotatable bonds is 4. The first-order valence-electron chi connectivity index (χ1n) is 10.9. The van der Waals surface area contributed by atoms with Crippen LogP contribution in [0.3, 0.4) is 0 Å². The van der Waals surface area contributed by atoms with Crippen molar-refractivity contribution in [3.63, 3.8) is 0 Å². The Morgan fingerprint density at radius 3 is 2.19 bits per heavy atom. The van der Waals surface area contributed by atoms with Gasteiger partial charge in [-0.25, -0.2) is 4.98 Å². The van der Waals surface area contributed by atoms with E-state index in [-0.39, 0.29) is 0 Å². The number of piperazine rings is 1. The van der Waals surface area contributed by atoms with Gasteiger partial charge in [-0.2, -0.15) is 15.0 Å². The van der Waals surface area contributed by atoms with E-state index in [1.807, 2.05) is 18.2 Å². The maximum Gasteiger partial charge on any atom is 0.230 e. The van der Waals surface area contributed by atoms with Crippen LogP contribution in [0.2, 0.25) is 5.02 Å². The van der Waals surface area contributed by atoms with Gasteiger partial charge in [-0.15, -0.1) is 0 Å². The minimum absolute atomic E-state index is 0.678. The molecule has 0 aliphatic carbocycles. The number of morpholine rings is 1. The minimum Gasteiger partial charge on any atom is -0.378 e. The molecule has 0 bridgehead atoms. The summed E-state index contributed by atoms with van der Waals surface area (Å²) in [5.74, 6) is 2.96. The second-order valence-corrected chi connectivity index (χ2v) is 8.42. The molecule has 2 saturated heterocycles. The van der Waals surface area contributed by atoms with E-state index < -0.39 is 0 Å². The van der Waals surface area contributed by atoms with Crippen LogP contribution in [0.4, 0.5) is 17.7 Å². The molecule has 0 N–H and O–H groups in total. The van der Waals surface area contributed by atoms with E-state index in [1.165, 1.54) is 5.56 Å². The van der Waals surface area contributed by atoms with Crippen molar-refractivity contribution < 1.29 is 4.74 Å². The number of aromatic nitrogens is 4. The molecule has 3 aromatic rings. The number of ether oxygens (including phenoxy) is 1. The van der Waals surface area contributed by atoms with Gasteiger partial charge in [0, 0.05) is 51.0 Å². The highest BCUT2D eigenvalue weighted by Gasteiger charge is 2.24. The van der Waals surface area contributed by atoms with Gasteiger partial charge in [-0.3, -0.25) is 0 Å². The molecule has 4 heterocycles. The molecule has 8 nitrogen and oxygen atoms in total. The van der Waals surface area contributed by atoms with E-state index in [0.29, 0.717) is 36.0 Å². The third-order valence-electron chi connectivity index (χ3n) is 5.78. The lowest BCUT2D eigenvalue weighted by molar-refractivity contribution is 0.122. The fourth-order valence-corrected chi connectivity index (χ4v) is 4.28. The van der Waals surface area contributed by atoms with Crippen molar-refractivity contribution in [2.24, 2.45) is 0 Å². The Kier molecular flexibility index (Phi) is 6.05. The molecule has 0 spiro atoms. The van der Waals surface area contributed by atoms with E-state index in [2.05, 4.69) is 44.8 Å². The topological polar surface area (TPSA) is 70.5 Å². The molecule has 9 heteroatoms. The van der Waals surface area contributed by atoms with Crippen molar-refractivity contribution in [3.05, 3.63) is 53.2 Å². The van der Waals surface area contributed by atoms with Crippen LogP contribution < -0.4 is 14.7 Å². The first-order valence-corrected chi connectivity index (χ1v) is 11.3. The van der Waals surface area contributed by atoms with Gasteiger partial charge in [-0.05, 0) is 25.1 Å². The molecule has 0 amide bonds. The van der Waals surface area contributed by atoms with Crippen LogP contribution in [-0.2, 0) is 4.74 Å². The maximum absolute atomic E-state index is 6.35. The van der Waals surface area contributed by atoms with Crippen LogP contribution in [0.5, 0.6) is 0 Å². The van der Waals surface area contributed by atoms with Crippen molar-refractivity contribution in [1.29, 1.82) is 0 Å². The summed E-state index contributed by atoms with van der Waals surface area (Å²) in [6.07, 6.45) is 1.78. The SMILES string of the molecule is Cc1cccc(-c2nc(N3CCOCC3)nc(N3CCN(c4ncccc4Cl)CC3)n2)c1. The van der Waals surface area contributed by atoms with Crippen molar-refractivity contribution in [2.75, 3.05) is 67.2 Å². The average molecular weight is 452 g/mol. The summed E-state index contributed by atoms with van der Waals surface area (Å²) in [6, 6.07) is 12.0. The van der Waals surface area contributed by atoms with E-state index in [9.17, 15) is 0 Å². The first-order chi connectivity index (χ1) is 15.7. The third-order valence-corrected chi connectivity index (χ3v) is 6.08. The lowest BCUT2D eigenvalue weighted by Crippen LogP contribution is -2.47. The number of pyridine rings is 1. The Hall–Kier alpha value is -2.97. The van der Waals surface area contributed by atoms with Gasteiger partial charge in [0.25, 0.3) is 0 Å². The fraction of sp³-hybridized carbons (Fsp3) is 0.391. The molecule has 0 saturated carbocycles. The third kappa shape index (κ3) is 4.47. The number of nitrogens with zero attached hydrogens (tertiary/aromatic N) is 7. The lowest BCUT2D eigenvalue weighted by atomic mass is 10.1. The molecule has 2 aromatic heterocycles. The number of anilines is 3. The molecule has 2 aliphatic heterocycles. The van der Waals surface area contributed by atoms with Crippen LogP contribution in [0, 0.1) is 6.92 Å². The van der Waals surface area contributed by atoms with E-state index >= 15 is 0 Å². The minimum atomic E-state index is 0.678. The van der Waals surface area contributed by atoms with E-state index in [1.54, 1.807) is 6.20 Å². The van der Waals surface area contributed by atoms with Crippen LogP contribution in [-0.4, -0.2) is 72.4 Å². The summed E-state index contributed by atoms with van der Waals surface area (Å²) < 4.78 is 5.52. The first kappa shape index (κ1) is 20.9. The Labute approximate surface area is 192 Å². The summed E-state index contributed by atoms with van der Waals surface area (Å²) in [4.78, 5) is 25.6. The zero-order chi connectivity index (χ0) is 21.9. The van der Waals surface area contributed by atoms with Gasteiger partial charge in [0.2, 0.25) is 11.9 Å². The van der Waals surface area contributed by atoms with Crippen molar-refractivity contribution in [1.82, 2.24) is 19.9 Å². The number of halogens is 1. The summed E-state index contributed by atoms with van der Waals surface area (Å²) >= 11 is 6.35. The normalized spacial score (nSPS) is 17.0. The lowest BCUT2D eigenvalue weighted by Gasteiger charge is -2.36. The maximum atomic E-state index is 6.35. The monoisotopic (exact) mass is 451 g/mol. The molecule has 0 atom stereocenters. The number of hydrogen-bond acceptors (Lipinski definition) is 8. The molecule has 2 fully saturated rings. The Morgan fingerprint density at radius 1 is 0.812 bits per heavy atom. The Balaban J connectivity index is 1.42. The Morgan fingerprint density at radius 2 is 1.50 bits per heavy atom. The predicted molar refractivity (Wildman–Crippen MR) is 127 cm³/mol. The fourth-order valence-electron chi connectivity index (χ4n) is 4.04. The molecule has 0 radical (unpaired) electrons. The molecular weight excluding hydrogens is 426 g/mol. The highest BCUT2D eigenvalue weighted by atomic mass is 35.5. The predicted octanol–water partition coefficient (Wildman–Crippen LogP) is 3.06. The summed E-state index contributed by atoms with van der Waals surface area (Å²) in [5, 5.41) is 0.678. The van der Waals surface area contributed by atoms with Crippen LogP contribution in [0.25, 0.3) is 11.4 Å². The second kappa shape index (κ2) is 9.26. The second-order valence-electron chi connectivity index (χ2n) is 8.01. The van der Waals surface area contributed by atoms with Gasteiger partial charge >= 0.3 is 0 Å². The van der Waals surface area contributed by atoms with E-state index in [4.69, 9.17) is 31.3 Å². The molecule has 166 valence electrons. The Bertz CT molecular complexity index is 1080. The zero-order valence-electron chi connectivity index (χ0n) is 18.1. The van der Waals surface area contributed by atoms with Gasteiger partial charge in [0.15, 0.2) is 5.82 Å². The van der Waals surface area contributed by atoms with E-state index in [0.717, 1.165) is 50.6 Å². The highest BCUT2D eigenvalue weighted by Crippen LogP contribution is 2.26. The molecule has 0 unspecified atom stereocenters. The van der Waals surface area contributed by atoms with Crippen LogP contribution in [0.15, 0.2) is 42.6 Å². The number of hydrogen-bond donors (Lipinski definition) is 0. The summed E-state index contributed by atoms with van der Waals surface area (Å²) in [5.41, 5.74) is 2.18.